The van der Waals surface area contributed by atoms with Crippen LogP contribution in [-0.4, -0.2) is 31.8 Å². The summed E-state index contributed by atoms with van der Waals surface area (Å²) in [6.45, 7) is 5.80. The summed E-state index contributed by atoms with van der Waals surface area (Å²) in [5, 5.41) is 3.09. The first-order valence-corrected chi connectivity index (χ1v) is 6.67. The predicted molar refractivity (Wildman–Crippen MR) is 75.3 cm³/mol. The van der Waals surface area contributed by atoms with Gasteiger partial charge in [-0.25, -0.2) is 4.39 Å². The van der Waals surface area contributed by atoms with Gasteiger partial charge in [-0.3, -0.25) is 4.79 Å². The molecule has 1 unspecified atom stereocenters. The van der Waals surface area contributed by atoms with E-state index in [9.17, 15) is 9.18 Å². The summed E-state index contributed by atoms with van der Waals surface area (Å²) in [4.78, 5) is 11.6. The summed E-state index contributed by atoms with van der Waals surface area (Å²) in [5.41, 5.74) is 0.535. The molecule has 0 aliphatic carbocycles. The van der Waals surface area contributed by atoms with Crippen molar-refractivity contribution in [2.45, 2.75) is 39.3 Å². The lowest BCUT2D eigenvalue weighted by Crippen LogP contribution is -2.42. The molecule has 0 fully saturated rings. The lowest BCUT2D eigenvalue weighted by atomic mass is 10.2. The molecule has 0 heterocycles. The number of carbonyl (C=O) groups excluding carboxylic acids is 1. The van der Waals surface area contributed by atoms with Gasteiger partial charge in [0.15, 0.2) is 11.6 Å². The zero-order chi connectivity index (χ0) is 15.1. The van der Waals surface area contributed by atoms with Crippen molar-refractivity contribution in [1.29, 1.82) is 0 Å². The Morgan fingerprint density at radius 3 is 2.70 bits per heavy atom. The fraction of sp³-hybridized carbons (Fsp3) is 0.533. The van der Waals surface area contributed by atoms with E-state index in [1.54, 1.807) is 25.1 Å². The van der Waals surface area contributed by atoms with Gasteiger partial charge in [-0.1, -0.05) is 26.0 Å². The second kappa shape index (κ2) is 7.85. The van der Waals surface area contributed by atoms with Crippen LogP contribution >= 0.6 is 0 Å². The van der Waals surface area contributed by atoms with E-state index in [2.05, 4.69) is 5.32 Å². The Morgan fingerprint density at radius 1 is 1.40 bits per heavy atom. The average Bonchev–Trinajstić information content (AvgIpc) is 2.41. The fourth-order valence-electron chi connectivity index (χ4n) is 1.83. The molecule has 1 atom stereocenters. The lowest BCUT2D eigenvalue weighted by Gasteiger charge is -2.19. The number of ether oxygens (including phenoxy) is 2. The monoisotopic (exact) mass is 283 g/mol. The second-order valence-corrected chi connectivity index (χ2v) is 4.92. The third kappa shape index (κ3) is 4.81. The van der Waals surface area contributed by atoms with Gasteiger partial charge < -0.3 is 14.8 Å². The van der Waals surface area contributed by atoms with E-state index < -0.39 is 6.04 Å². The molecule has 0 aliphatic rings. The van der Waals surface area contributed by atoms with Crippen LogP contribution in [0.5, 0.6) is 5.75 Å². The quantitative estimate of drug-likeness (QED) is 0.781. The highest BCUT2D eigenvalue weighted by Gasteiger charge is 2.20. The van der Waals surface area contributed by atoms with Gasteiger partial charge in [-0.2, -0.15) is 0 Å². The van der Waals surface area contributed by atoms with Crippen LogP contribution in [0.15, 0.2) is 18.2 Å². The minimum Gasteiger partial charge on any atom is -0.490 e. The summed E-state index contributed by atoms with van der Waals surface area (Å²) in [5.74, 6) is -0.496. The van der Waals surface area contributed by atoms with Crippen molar-refractivity contribution in [1.82, 2.24) is 5.32 Å². The molecular weight excluding hydrogens is 261 g/mol. The maximum absolute atomic E-state index is 13.7. The maximum atomic E-state index is 13.7. The van der Waals surface area contributed by atoms with Gasteiger partial charge >= 0.3 is 5.97 Å². The van der Waals surface area contributed by atoms with Crippen LogP contribution < -0.4 is 10.1 Å². The smallest absolute Gasteiger partial charge is 0.322 e. The number of carbonyl (C=O) groups is 1. The van der Waals surface area contributed by atoms with Crippen LogP contribution in [0.1, 0.15) is 25.8 Å². The highest BCUT2D eigenvalue weighted by Crippen LogP contribution is 2.19. The molecule has 4 nitrogen and oxygen atoms in total. The van der Waals surface area contributed by atoms with Gasteiger partial charge in [0, 0.05) is 12.5 Å². The van der Waals surface area contributed by atoms with Gasteiger partial charge in [0.25, 0.3) is 0 Å². The molecular formula is C15H22FNO3. The first-order valence-electron chi connectivity index (χ1n) is 6.67. The van der Waals surface area contributed by atoms with Crippen molar-refractivity contribution in [2.24, 2.45) is 0 Å². The van der Waals surface area contributed by atoms with E-state index in [1.165, 1.54) is 7.11 Å². The summed E-state index contributed by atoms with van der Waals surface area (Å²) >= 11 is 0. The standard InChI is InChI=1S/C15H22FNO3/c1-10(2)17-12(15(18)19-4)8-9-20-13-7-5-6-11(3)14(13)16/h5-7,10,12,17H,8-9H2,1-4H3. The molecule has 1 rings (SSSR count). The van der Waals surface area contributed by atoms with Crippen LogP contribution in [0.25, 0.3) is 0 Å². The molecule has 1 aromatic rings. The van der Waals surface area contributed by atoms with E-state index in [0.29, 0.717) is 12.0 Å². The molecule has 0 spiro atoms. The predicted octanol–water partition coefficient (Wildman–Crippen LogP) is 2.44. The van der Waals surface area contributed by atoms with Gasteiger partial charge in [-0.15, -0.1) is 0 Å². The molecule has 0 saturated heterocycles. The summed E-state index contributed by atoms with van der Waals surface area (Å²) in [6, 6.07) is 4.69. The topological polar surface area (TPSA) is 47.6 Å². The van der Waals surface area contributed by atoms with Crippen LogP contribution in [0, 0.1) is 12.7 Å². The Kier molecular flexibility index (Phi) is 6.45. The third-order valence-electron chi connectivity index (χ3n) is 2.84. The minimum absolute atomic E-state index is 0.148. The summed E-state index contributed by atoms with van der Waals surface area (Å²) < 4.78 is 23.9. The Hall–Kier alpha value is -1.62. The molecule has 0 saturated carbocycles. The molecule has 20 heavy (non-hydrogen) atoms. The van der Waals surface area contributed by atoms with Crippen molar-refractivity contribution in [3.63, 3.8) is 0 Å². The van der Waals surface area contributed by atoms with E-state index in [-0.39, 0.29) is 30.2 Å². The van der Waals surface area contributed by atoms with Gasteiger partial charge in [0.2, 0.25) is 0 Å². The summed E-state index contributed by atoms with van der Waals surface area (Å²) in [7, 11) is 1.35. The number of hydrogen-bond acceptors (Lipinski definition) is 4. The first kappa shape index (κ1) is 16.4. The molecule has 0 amide bonds. The number of esters is 1. The number of methoxy groups -OCH3 is 1. The van der Waals surface area contributed by atoms with Crippen molar-refractivity contribution >= 4 is 5.97 Å². The van der Waals surface area contributed by atoms with Crippen LogP contribution in [0.2, 0.25) is 0 Å². The van der Waals surface area contributed by atoms with Crippen molar-refractivity contribution in [2.75, 3.05) is 13.7 Å². The summed E-state index contributed by atoms with van der Waals surface area (Å²) in [6.07, 6.45) is 0.415. The molecule has 1 aromatic carbocycles. The Labute approximate surface area is 119 Å². The first-order chi connectivity index (χ1) is 9.45. The number of nitrogens with one attached hydrogen (secondary N) is 1. The molecule has 0 aromatic heterocycles. The van der Waals surface area contributed by atoms with E-state index >= 15 is 0 Å². The molecule has 0 aliphatic heterocycles. The van der Waals surface area contributed by atoms with Crippen molar-refractivity contribution < 1.29 is 18.7 Å². The molecule has 1 N–H and O–H groups in total. The maximum Gasteiger partial charge on any atom is 0.322 e. The molecule has 112 valence electrons. The zero-order valence-corrected chi connectivity index (χ0v) is 12.4. The van der Waals surface area contributed by atoms with Crippen LogP contribution in [0.4, 0.5) is 4.39 Å². The molecule has 5 heteroatoms. The zero-order valence-electron chi connectivity index (χ0n) is 12.4. The van der Waals surface area contributed by atoms with Gasteiger partial charge in [0.1, 0.15) is 6.04 Å². The average molecular weight is 283 g/mol. The number of rotatable bonds is 7. The van der Waals surface area contributed by atoms with Gasteiger partial charge in [0.05, 0.1) is 13.7 Å². The number of hydrogen-bond donors (Lipinski definition) is 1. The van der Waals surface area contributed by atoms with Crippen molar-refractivity contribution in [3.8, 4) is 5.75 Å². The highest BCUT2D eigenvalue weighted by atomic mass is 19.1. The highest BCUT2D eigenvalue weighted by molar-refractivity contribution is 5.75. The van der Waals surface area contributed by atoms with Crippen LogP contribution in [-0.2, 0) is 9.53 Å². The number of aryl methyl sites for hydroxylation is 1. The Morgan fingerprint density at radius 2 is 2.10 bits per heavy atom. The van der Waals surface area contributed by atoms with E-state index in [4.69, 9.17) is 9.47 Å². The van der Waals surface area contributed by atoms with E-state index in [1.807, 2.05) is 13.8 Å². The van der Waals surface area contributed by atoms with Gasteiger partial charge in [-0.05, 0) is 18.6 Å². The second-order valence-electron chi connectivity index (χ2n) is 4.92. The number of halogens is 1. The Balaban J connectivity index is 2.55. The third-order valence-corrected chi connectivity index (χ3v) is 2.84. The van der Waals surface area contributed by atoms with Crippen molar-refractivity contribution in [3.05, 3.63) is 29.6 Å². The largest absolute Gasteiger partial charge is 0.490 e. The number of benzene rings is 1. The molecule has 0 radical (unpaired) electrons. The SMILES string of the molecule is COC(=O)C(CCOc1cccc(C)c1F)NC(C)C. The fourth-order valence-corrected chi connectivity index (χ4v) is 1.83. The normalized spacial score (nSPS) is 12.3. The van der Waals surface area contributed by atoms with Crippen LogP contribution in [0.3, 0.4) is 0 Å². The molecule has 0 bridgehead atoms. The lowest BCUT2D eigenvalue weighted by molar-refractivity contribution is -0.143. The Bertz CT molecular complexity index is 449. The van der Waals surface area contributed by atoms with E-state index in [0.717, 1.165) is 0 Å². The minimum atomic E-state index is -0.451.